The maximum absolute atomic E-state index is 12.4. The van der Waals surface area contributed by atoms with Gasteiger partial charge in [-0.15, -0.1) is 0 Å². The third-order valence-corrected chi connectivity index (χ3v) is 4.68. The van der Waals surface area contributed by atoms with Crippen molar-refractivity contribution in [2.45, 2.75) is 18.9 Å². The number of para-hydroxylation sites is 1. The van der Waals surface area contributed by atoms with E-state index < -0.39 is 6.04 Å². The Morgan fingerprint density at radius 3 is 2.84 bits per heavy atom. The predicted molar refractivity (Wildman–Crippen MR) is 96.4 cm³/mol. The van der Waals surface area contributed by atoms with E-state index in [0.717, 1.165) is 17.5 Å². The first-order valence-corrected chi connectivity index (χ1v) is 8.44. The van der Waals surface area contributed by atoms with Crippen LogP contribution in [-0.4, -0.2) is 29.4 Å². The topological polar surface area (TPSA) is 74.0 Å². The first kappa shape index (κ1) is 15.4. The van der Waals surface area contributed by atoms with Gasteiger partial charge in [-0.05, 0) is 29.7 Å². The summed E-state index contributed by atoms with van der Waals surface area (Å²) in [6.07, 6.45) is 3.25. The van der Waals surface area contributed by atoms with Gasteiger partial charge in [-0.3, -0.25) is 9.59 Å². The van der Waals surface area contributed by atoms with E-state index in [0.29, 0.717) is 18.5 Å². The van der Waals surface area contributed by atoms with Gasteiger partial charge in [0.2, 0.25) is 5.91 Å². The molecule has 1 unspecified atom stereocenters. The van der Waals surface area contributed by atoms with Crippen molar-refractivity contribution in [2.24, 2.45) is 0 Å². The van der Waals surface area contributed by atoms with Gasteiger partial charge in [-0.2, -0.15) is 0 Å². The molecule has 0 saturated heterocycles. The molecule has 1 aliphatic heterocycles. The van der Waals surface area contributed by atoms with Crippen LogP contribution in [0, 0.1) is 0 Å². The highest BCUT2D eigenvalue weighted by atomic mass is 16.2. The summed E-state index contributed by atoms with van der Waals surface area (Å²) in [4.78, 5) is 27.8. The van der Waals surface area contributed by atoms with E-state index >= 15 is 0 Å². The van der Waals surface area contributed by atoms with Gasteiger partial charge in [0.15, 0.2) is 0 Å². The molecule has 126 valence electrons. The van der Waals surface area contributed by atoms with Crippen LogP contribution in [0.5, 0.6) is 0 Å². The van der Waals surface area contributed by atoms with Crippen molar-refractivity contribution in [3.8, 4) is 0 Å². The fourth-order valence-corrected chi connectivity index (χ4v) is 3.37. The van der Waals surface area contributed by atoms with E-state index in [-0.39, 0.29) is 11.8 Å². The van der Waals surface area contributed by atoms with E-state index in [4.69, 9.17) is 0 Å². The van der Waals surface area contributed by atoms with Gasteiger partial charge >= 0.3 is 0 Å². The van der Waals surface area contributed by atoms with Crippen molar-refractivity contribution < 1.29 is 9.59 Å². The highest BCUT2D eigenvalue weighted by molar-refractivity contribution is 6.00. The Balaban J connectivity index is 1.38. The standard InChI is InChI=1S/C20H19N3O2/c24-19-16-7-2-1-5-13(16)11-18(23-19)20(25)21-10-9-14-12-22-17-8-4-3-6-15(14)17/h1-8,12,18,22H,9-11H2,(H,21,25)(H,23,24). The number of aromatic amines is 1. The Hall–Kier alpha value is -3.08. The lowest BCUT2D eigenvalue weighted by atomic mass is 9.95. The van der Waals surface area contributed by atoms with Crippen LogP contribution < -0.4 is 10.6 Å². The maximum atomic E-state index is 12.4. The Morgan fingerprint density at radius 1 is 1.12 bits per heavy atom. The van der Waals surface area contributed by atoms with Gasteiger partial charge in [0.05, 0.1) is 0 Å². The summed E-state index contributed by atoms with van der Waals surface area (Å²) in [5.41, 5.74) is 3.85. The second kappa shape index (κ2) is 6.43. The highest BCUT2D eigenvalue weighted by Crippen LogP contribution is 2.18. The van der Waals surface area contributed by atoms with Gasteiger partial charge in [0.25, 0.3) is 5.91 Å². The number of hydrogen-bond donors (Lipinski definition) is 3. The minimum atomic E-state index is -0.509. The average Bonchev–Trinajstić information content (AvgIpc) is 3.05. The quantitative estimate of drug-likeness (QED) is 0.685. The molecule has 3 N–H and O–H groups in total. The molecular formula is C20H19N3O2. The number of rotatable bonds is 4. The van der Waals surface area contributed by atoms with Crippen LogP contribution in [0.1, 0.15) is 21.5 Å². The number of H-pyrrole nitrogens is 1. The van der Waals surface area contributed by atoms with Crippen molar-refractivity contribution in [1.82, 2.24) is 15.6 Å². The number of fused-ring (bicyclic) bond motifs is 2. The molecule has 5 heteroatoms. The van der Waals surface area contributed by atoms with Gasteiger partial charge in [0.1, 0.15) is 6.04 Å². The molecule has 2 amide bonds. The molecule has 5 nitrogen and oxygen atoms in total. The first-order valence-electron chi connectivity index (χ1n) is 8.44. The van der Waals surface area contributed by atoms with Crippen molar-refractivity contribution in [2.75, 3.05) is 6.54 Å². The van der Waals surface area contributed by atoms with Crippen molar-refractivity contribution in [1.29, 1.82) is 0 Å². The Morgan fingerprint density at radius 2 is 1.92 bits per heavy atom. The lowest BCUT2D eigenvalue weighted by molar-refractivity contribution is -0.123. The summed E-state index contributed by atoms with van der Waals surface area (Å²) in [6, 6.07) is 15.0. The second-order valence-electron chi connectivity index (χ2n) is 6.29. The molecule has 0 aliphatic carbocycles. The van der Waals surface area contributed by atoms with Gasteiger partial charge in [-0.25, -0.2) is 0 Å². The van der Waals surface area contributed by atoms with Crippen LogP contribution in [0.2, 0.25) is 0 Å². The molecule has 0 fully saturated rings. The molecule has 2 aromatic carbocycles. The van der Waals surface area contributed by atoms with E-state index in [1.54, 1.807) is 6.07 Å². The molecule has 0 radical (unpaired) electrons. The van der Waals surface area contributed by atoms with Crippen LogP contribution in [-0.2, 0) is 17.6 Å². The van der Waals surface area contributed by atoms with Crippen LogP contribution in [0.4, 0.5) is 0 Å². The third-order valence-electron chi connectivity index (χ3n) is 4.68. The average molecular weight is 333 g/mol. The molecule has 1 atom stereocenters. The van der Waals surface area contributed by atoms with E-state index in [9.17, 15) is 9.59 Å². The number of aromatic nitrogens is 1. The Labute approximate surface area is 145 Å². The molecule has 2 heterocycles. The Kier molecular flexibility index (Phi) is 3.98. The SMILES string of the molecule is O=C1NC(C(=O)NCCc2c[nH]c3ccccc23)Cc2ccccc21. The summed E-state index contributed by atoms with van der Waals surface area (Å²) in [5, 5.41) is 6.91. The Bertz CT molecular complexity index is 945. The summed E-state index contributed by atoms with van der Waals surface area (Å²) in [7, 11) is 0. The van der Waals surface area contributed by atoms with Crippen LogP contribution in [0.25, 0.3) is 10.9 Å². The highest BCUT2D eigenvalue weighted by Gasteiger charge is 2.28. The van der Waals surface area contributed by atoms with E-state index in [2.05, 4.69) is 21.7 Å². The molecule has 1 aromatic heterocycles. The fraction of sp³-hybridized carbons (Fsp3) is 0.200. The minimum Gasteiger partial charge on any atom is -0.361 e. The first-order chi connectivity index (χ1) is 12.2. The largest absolute Gasteiger partial charge is 0.361 e. The normalized spacial score (nSPS) is 16.3. The number of carbonyl (C=O) groups is 2. The lowest BCUT2D eigenvalue weighted by Gasteiger charge is -2.24. The zero-order valence-corrected chi connectivity index (χ0v) is 13.7. The zero-order valence-electron chi connectivity index (χ0n) is 13.7. The van der Waals surface area contributed by atoms with E-state index in [1.807, 2.05) is 42.6 Å². The monoisotopic (exact) mass is 333 g/mol. The summed E-state index contributed by atoms with van der Waals surface area (Å²) in [6.45, 7) is 0.536. The molecular weight excluding hydrogens is 314 g/mol. The van der Waals surface area contributed by atoms with Gasteiger partial charge < -0.3 is 15.6 Å². The van der Waals surface area contributed by atoms with Crippen molar-refractivity contribution in [3.05, 3.63) is 71.4 Å². The number of nitrogens with one attached hydrogen (secondary N) is 3. The van der Waals surface area contributed by atoms with Crippen molar-refractivity contribution in [3.63, 3.8) is 0 Å². The van der Waals surface area contributed by atoms with E-state index in [1.165, 1.54) is 10.9 Å². The van der Waals surface area contributed by atoms with Gasteiger partial charge in [0, 0.05) is 35.6 Å². The number of benzene rings is 2. The molecule has 0 saturated carbocycles. The van der Waals surface area contributed by atoms with Crippen molar-refractivity contribution >= 4 is 22.7 Å². The zero-order chi connectivity index (χ0) is 17.2. The fourth-order valence-electron chi connectivity index (χ4n) is 3.37. The molecule has 4 rings (SSSR count). The number of carbonyl (C=O) groups excluding carboxylic acids is 2. The molecule has 0 bridgehead atoms. The minimum absolute atomic E-state index is 0.136. The second-order valence-corrected chi connectivity index (χ2v) is 6.29. The summed E-state index contributed by atoms with van der Waals surface area (Å²) < 4.78 is 0. The summed E-state index contributed by atoms with van der Waals surface area (Å²) >= 11 is 0. The molecule has 1 aliphatic rings. The van der Waals surface area contributed by atoms with Crippen LogP contribution in [0.15, 0.2) is 54.7 Å². The summed E-state index contributed by atoms with van der Waals surface area (Å²) in [5.74, 6) is -0.318. The lowest BCUT2D eigenvalue weighted by Crippen LogP contribution is -2.51. The van der Waals surface area contributed by atoms with Crippen LogP contribution in [0.3, 0.4) is 0 Å². The maximum Gasteiger partial charge on any atom is 0.252 e. The van der Waals surface area contributed by atoms with Crippen LogP contribution >= 0.6 is 0 Å². The molecule has 3 aromatic rings. The number of amides is 2. The molecule has 0 spiro atoms. The predicted octanol–water partition coefficient (Wildman–Crippen LogP) is 2.18. The number of hydrogen-bond acceptors (Lipinski definition) is 2. The molecule has 25 heavy (non-hydrogen) atoms. The van der Waals surface area contributed by atoms with Gasteiger partial charge in [-0.1, -0.05) is 36.4 Å². The smallest absolute Gasteiger partial charge is 0.252 e. The third kappa shape index (κ3) is 3.01.